The third-order valence-corrected chi connectivity index (χ3v) is 2.94. The van der Waals surface area contributed by atoms with Crippen molar-refractivity contribution in [1.82, 2.24) is 5.32 Å². The van der Waals surface area contributed by atoms with Gasteiger partial charge in [0.05, 0.1) is 0 Å². The van der Waals surface area contributed by atoms with Gasteiger partial charge in [-0.25, -0.2) is 0 Å². The van der Waals surface area contributed by atoms with Crippen LogP contribution in [0.5, 0.6) is 0 Å². The van der Waals surface area contributed by atoms with Crippen LogP contribution in [0.15, 0.2) is 30.3 Å². The van der Waals surface area contributed by atoms with E-state index in [1.807, 2.05) is 0 Å². The second-order valence-electron chi connectivity index (χ2n) is 7.00. The van der Waals surface area contributed by atoms with Gasteiger partial charge in [0.2, 0.25) is 0 Å². The Labute approximate surface area is 107 Å². The van der Waals surface area contributed by atoms with Crippen molar-refractivity contribution in [2.24, 2.45) is 5.41 Å². The van der Waals surface area contributed by atoms with Gasteiger partial charge in [-0.3, -0.25) is 0 Å². The van der Waals surface area contributed by atoms with E-state index < -0.39 is 0 Å². The number of hydrogen-bond acceptors (Lipinski definition) is 1. The molecule has 0 saturated carbocycles. The highest BCUT2D eigenvalue weighted by molar-refractivity contribution is 5.16. The Hall–Kier alpha value is -0.820. The molecule has 1 aromatic rings. The Kier molecular flexibility index (Phi) is 4.37. The second-order valence-corrected chi connectivity index (χ2v) is 7.00. The maximum Gasteiger partial charge on any atom is 0.0161 e. The number of hydrogen-bond donors (Lipinski definition) is 1. The molecule has 0 bridgehead atoms. The van der Waals surface area contributed by atoms with E-state index in [2.05, 4.69) is 77.2 Å². The van der Waals surface area contributed by atoms with Crippen molar-refractivity contribution in [3.8, 4) is 0 Å². The molecule has 0 aliphatic rings. The van der Waals surface area contributed by atoms with Crippen molar-refractivity contribution in [3.05, 3.63) is 35.9 Å². The first-order chi connectivity index (χ1) is 7.68. The second kappa shape index (κ2) is 5.22. The molecule has 0 amide bonds. The quantitative estimate of drug-likeness (QED) is 0.831. The molecule has 1 aromatic carbocycles. The van der Waals surface area contributed by atoms with Crippen molar-refractivity contribution < 1.29 is 0 Å². The molecule has 0 aliphatic carbocycles. The molecule has 0 radical (unpaired) electrons. The molecule has 1 nitrogen and oxygen atoms in total. The molecule has 0 saturated heterocycles. The number of benzene rings is 1. The van der Waals surface area contributed by atoms with Crippen molar-refractivity contribution >= 4 is 0 Å². The summed E-state index contributed by atoms with van der Waals surface area (Å²) < 4.78 is 0. The van der Waals surface area contributed by atoms with Crippen molar-refractivity contribution in [3.63, 3.8) is 0 Å². The van der Waals surface area contributed by atoms with E-state index in [0.29, 0.717) is 6.04 Å². The maximum atomic E-state index is 3.74. The lowest BCUT2D eigenvalue weighted by Gasteiger charge is -2.37. The summed E-state index contributed by atoms with van der Waals surface area (Å²) in [7, 11) is 0. The van der Waals surface area contributed by atoms with Crippen LogP contribution in [0.2, 0.25) is 0 Å². The van der Waals surface area contributed by atoms with Gasteiger partial charge in [-0.05, 0) is 38.2 Å². The molecule has 96 valence electrons. The summed E-state index contributed by atoms with van der Waals surface area (Å²) in [4.78, 5) is 0. The molecule has 0 aliphatic heterocycles. The van der Waals surface area contributed by atoms with Gasteiger partial charge in [0, 0.05) is 11.6 Å². The van der Waals surface area contributed by atoms with Crippen LogP contribution in [0.3, 0.4) is 0 Å². The van der Waals surface area contributed by atoms with Crippen LogP contribution in [-0.2, 0) is 6.42 Å². The van der Waals surface area contributed by atoms with Gasteiger partial charge in [0.1, 0.15) is 0 Å². The molecule has 17 heavy (non-hydrogen) atoms. The van der Waals surface area contributed by atoms with E-state index in [4.69, 9.17) is 0 Å². The van der Waals surface area contributed by atoms with Crippen LogP contribution < -0.4 is 5.32 Å². The average molecular weight is 233 g/mol. The fourth-order valence-electron chi connectivity index (χ4n) is 1.95. The Morgan fingerprint density at radius 2 is 1.47 bits per heavy atom. The molecule has 1 heteroatoms. The highest BCUT2D eigenvalue weighted by Gasteiger charge is 2.28. The summed E-state index contributed by atoms with van der Waals surface area (Å²) in [6, 6.07) is 11.2. The van der Waals surface area contributed by atoms with Crippen molar-refractivity contribution in [1.29, 1.82) is 0 Å². The number of nitrogens with one attached hydrogen (secondary N) is 1. The Balaban J connectivity index is 2.79. The summed E-state index contributed by atoms with van der Waals surface area (Å²) in [5, 5.41) is 3.74. The van der Waals surface area contributed by atoms with Crippen LogP contribution in [0, 0.1) is 5.41 Å². The fraction of sp³-hybridized carbons (Fsp3) is 0.625. The molecule has 0 heterocycles. The minimum atomic E-state index is 0.159. The van der Waals surface area contributed by atoms with E-state index >= 15 is 0 Å². The largest absolute Gasteiger partial charge is 0.308 e. The van der Waals surface area contributed by atoms with Gasteiger partial charge in [-0.15, -0.1) is 0 Å². The zero-order valence-electron chi connectivity index (χ0n) is 12.2. The third-order valence-electron chi connectivity index (χ3n) is 2.94. The average Bonchev–Trinajstić information content (AvgIpc) is 2.15. The minimum absolute atomic E-state index is 0.159. The van der Waals surface area contributed by atoms with E-state index in [-0.39, 0.29) is 11.0 Å². The van der Waals surface area contributed by atoms with Crippen molar-refractivity contribution in [2.45, 2.75) is 59.5 Å². The monoisotopic (exact) mass is 233 g/mol. The first-order valence-corrected chi connectivity index (χ1v) is 6.50. The van der Waals surface area contributed by atoms with E-state index in [9.17, 15) is 0 Å². The molecule has 1 atom stereocenters. The van der Waals surface area contributed by atoms with Crippen LogP contribution in [-0.4, -0.2) is 11.6 Å². The standard InChI is InChI=1S/C16H27N/c1-15(2,3)14(17-16(4,5)6)12-13-10-8-7-9-11-13/h7-11,14,17H,12H2,1-6H3. The SMILES string of the molecule is CC(C)(C)NC(Cc1ccccc1)C(C)(C)C. The first kappa shape index (κ1) is 14.2. The Morgan fingerprint density at radius 3 is 1.88 bits per heavy atom. The van der Waals surface area contributed by atoms with Crippen LogP contribution in [0.1, 0.15) is 47.1 Å². The molecule has 1 N–H and O–H groups in total. The van der Waals surface area contributed by atoms with Gasteiger partial charge < -0.3 is 5.32 Å². The lowest BCUT2D eigenvalue weighted by molar-refractivity contribution is 0.218. The topological polar surface area (TPSA) is 12.0 Å². The van der Waals surface area contributed by atoms with E-state index in [1.54, 1.807) is 0 Å². The maximum absolute atomic E-state index is 3.74. The van der Waals surface area contributed by atoms with E-state index in [0.717, 1.165) is 6.42 Å². The fourth-order valence-corrected chi connectivity index (χ4v) is 1.95. The van der Waals surface area contributed by atoms with Gasteiger partial charge in [0.25, 0.3) is 0 Å². The normalized spacial score (nSPS) is 14.7. The van der Waals surface area contributed by atoms with E-state index in [1.165, 1.54) is 5.56 Å². The van der Waals surface area contributed by atoms with Gasteiger partial charge >= 0.3 is 0 Å². The third kappa shape index (κ3) is 5.36. The van der Waals surface area contributed by atoms with Gasteiger partial charge in [-0.1, -0.05) is 51.1 Å². The predicted octanol–water partition coefficient (Wildman–Crippen LogP) is 4.03. The molecule has 0 spiro atoms. The Bertz CT molecular complexity index is 327. The molecular formula is C16H27N. The summed E-state index contributed by atoms with van der Waals surface area (Å²) in [5.74, 6) is 0. The predicted molar refractivity (Wildman–Crippen MR) is 76.3 cm³/mol. The van der Waals surface area contributed by atoms with Gasteiger partial charge in [-0.2, -0.15) is 0 Å². The van der Waals surface area contributed by atoms with Crippen LogP contribution in [0.25, 0.3) is 0 Å². The van der Waals surface area contributed by atoms with Crippen LogP contribution >= 0.6 is 0 Å². The minimum Gasteiger partial charge on any atom is -0.308 e. The summed E-state index contributed by atoms with van der Waals surface area (Å²) in [5.41, 5.74) is 1.83. The molecule has 1 unspecified atom stereocenters. The number of rotatable bonds is 3. The first-order valence-electron chi connectivity index (χ1n) is 6.50. The molecular weight excluding hydrogens is 206 g/mol. The molecule has 1 rings (SSSR count). The van der Waals surface area contributed by atoms with Crippen LogP contribution in [0.4, 0.5) is 0 Å². The van der Waals surface area contributed by atoms with Gasteiger partial charge in [0.15, 0.2) is 0 Å². The smallest absolute Gasteiger partial charge is 0.0161 e. The highest BCUT2D eigenvalue weighted by atomic mass is 15.0. The molecule has 0 aromatic heterocycles. The van der Waals surface area contributed by atoms with Crippen molar-refractivity contribution in [2.75, 3.05) is 0 Å². The molecule has 0 fully saturated rings. The lowest BCUT2D eigenvalue weighted by Crippen LogP contribution is -2.50. The zero-order valence-corrected chi connectivity index (χ0v) is 12.2. The lowest BCUT2D eigenvalue weighted by atomic mass is 9.81. The summed E-state index contributed by atoms with van der Waals surface area (Å²) in [6.07, 6.45) is 1.08. The summed E-state index contributed by atoms with van der Waals surface area (Å²) in [6.45, 7) is 13.6. The highest BCUT2D eigenvalue weighted by Crippen LogP contribution is 2.24. The Morgan fingerprint density at radius 1 is 0.941 bits per heavy atom. The summed E-state index contributed by atoms with van der Waals surface area (Å²) >= 11 is 0. The zero-order chi connectivity index (χ0) is 13.1.